The zero-order valence-electron chi connectivity index (χ0n) is 25.4. The molecule has 0 radical (unpaired) electrons. The number of methoxy groups -OCH3 is 1. The summed E-state index contributed by atoms with van der Waals surface area (Å²) in [6, 6.07) is 25.7. The molecule has 0 saturated carbocycles. The number of hydrogen-bond acceptors (Lipinski definition) is 9. The molecule has 2 heterocycles. The zero-order valence-corrected chi connectivity index (χ0v) is 27.0. The van der Waals surface area contributed by atoms with Gasteiger partial charge in [-0.25, -0.2) is 4.79 Å². The van der Waals surface area contributed by atoms with Gasteiger partial charge in [0.15, 0.2) is 24.6 Å². The first-order valence-corrected chi connectivity index (χ1v) is 16.0. The van der Waals surface area contributed by atoms with Crippen molar-refractivity contribution in [3.05, 3.63) is 118 Å². The van der Waals surface area contributed by atoms with Crippen LogP contribution < -0.4 is 0 Å². The van der Waals surface area contributed by atoms with Crippen LogP contribution in [0.3, 0.4) is 0 Å². The standard InChI is InChI=1S/C36H37BrO9/c1-42-36-32-31(30(29(22-38)43-36)44-33(39)25-16-18-28(37)19-17-25)45-34(40)26(20-23-10-4-2-5-11-23)14-8-9-15-27(35(41)46-32)21-24-12-6-3-7-13-24/h2-13,16-19,26-27,29-32,36,38H,14-15,20-22H2,1H3/b9-8-/t26-,27-,29-,30-,31+,32-,36+/m1/s1. The number of ether oxygens (including phenoxy) is 5. The summed E-state index contributed by atoms with van der Waals surface area (Å²) in [6.07, 6.45) is -0.998. The molecule has 7 atom stereocenters. The van der Waals surface area contributed by atoms with E-state index < -0.39 is 67.1 Å². The summed E-state index contributed by atoms with van der Waals surface area (Å²) in [7, 11) is 1.36. The Labute approximate surface area is 276 Å². The van der Waals surface area contributed by atoms with Crippen molar-refractivity contribution in [3.63, 3.8) is 0 Å². The van der Waals surface area contributed by atoms with Gasteiger partial charge in [0, 0.05) is 11.6 Å². The first kappa shape index (κ1) is 33.5. The number of allylic oxidation sites excluding steroid dienone is 2. The maximum absolute atomic E-state index is 13.9. The minimum atomic E-state index is -1.34. The highest BCUT2D eigenvalue weighted by atomic mass is 79.9. The van der Waals surface area contributed by atoms with Gasteiger partial charge in [-0.2, -0.15) is 0 Å². The Kier molecular flexibility index (Phi) is 11.8. The van der Waals surface area contributed by atoms with Crippen molar-refractivity contribution in [1.82, 2.24) is 0 Å². The number of carbonyl (C=O) groups excluding carboxylic acids is 3. The van der Waals surface area contributed by atoms with E-state index in [4.69, 9.17) is 23.7 Å². The number of halogens is 1. The largest absolute Gasteiger partial charge is 0.454 e. The maximum atomic E-state index is 13.9. The Morgan fingerprint density at radius 3 is 1.83 bits per heavy atom. The molecule has 3 aromatic carbocycles. The van der Waals surface area contributed by atoms with Crippen LogP contribution in [-0.2, 0) is 46.1 Å². The van der Waals surface area contributed by atoms with E-state index in [1.54, 1.807) is 24.3 Å². The first-order valence-electron chi connectivity index (χ1n) is 15.3. The monoisotopic (exact) mass is 692 g/mol. The molecule has 1 fully saturated rings. The highest BCUT2D eigenvalue weighted by Gasteiger charge is 2.53. The van der Waals surface area contributed by atoms with Crippen LogP contribution in [0.1, 0.15) is 34.3 Å². The van der Waals surface area contributed by atoms with Crippen LogP contribution in [0.25, 0.3) is 0 Å². The molecular formula is C36H37BrO9. The summed E-state index contributed by atoms with van der Waals surface area (Å²) in [5.74, 6) is -3.01. The molecule has 1 N–H and O–H groups in total. The van der Waals surface area contributed by atoms with Gasteiger partial charge in [-0.15, -0.1) is 0 Å². The molecule has 5 rings (SSSR count). The van der Waals surface area contributed by atoms with Crippen molar-refractivity contribution >= 4 is 33.8 Å². The lowest BCUT2D eigenvalue weighted by molar-refractivity contribution is -0.301. The lowest BCUT2D eigenvalue weighted by Gasteiger charge is -2.44. The topological polar surface area (TPSA) is 118 Å². The fourth-order valence-corrected chi connectivity index (χ4v) is 5.96. The Balaban J connectivity index is 1.52. The summed E-state index contributed by atoms with van der Waals surface area (Å²) in [5.41, 5.74) is 2.14. The second-order valence-electron chi connectivity index (χ2n) is 11.4. The molecule has 0 unspecified atom stereocenters. The van der Waals surface area contributed by atoms with Crippen molar-refractivity contribution in [1.29, 1.82) is 0 Å². The van der Waals surface area contributed by atoms with Crippen molar-refractivity contribution in [2.75, 3.05) is 13.7 Å². The van der Waals surface area contributed by atoms with Crippen LogP contribution in [0.2, 0.25) is 0 Å². The van der Waals surface area contributed by atoms with Gasteiger partial charge >= 0.3 is 17.9 Å². The summed E-state index contributed by atoms with van der Waals surface area (Å²) in [4.78, 5) is 41.1. The van der Waals surface area contributed by atoms with Crippen LogP contribution in [0.4, 0.5) is 0 Å². The number of fused-ring (bicyclic) bond motifs is 1. The van der Waals surface area contributed by atoms with E-state index in [1.165, 1.54) is 7.11 Å². The van der Waals surface area contributed by atoms with Gasteiger partial charge in [0.1, 0.15) is 6.10 Å². The lowest BCUT2D eigenvalue weighted by atomic mass is 9.92. The van der Waals surface area contributed by atoms with Crippen LogP contribution in [0.5, 0.6) is 0 Å². The molecule has 2 aliphatic rings. The molecule has 9 nitrogen and oxygen atoms in total. The molecular weight excluding hydrogens is 656 g/mol. The highest BCUT2D eigenvalue weighted by molar-refractivity contribution is 9.10. The molecule has 242 valence electrons. The number of benzene rings is 3. The second-order valence-corrected chi connectivity index (χ2v) is 12.3. The SMILES string of the molecule is CO[C@H]1O[C@H](CO)[C@@H](OC(=O)c2ccc(Br)cc2)[C@@H]2OC(=O)[C@@H](Cc3ccccc3)C/C=C\C[C@H](Cc3ccccc3)C(=O)O[C@@H]12. The molecule has 10 heteroatoms. The number of aliphatic hydroxyl groups excluding tert-OH is 1. The smallest absolute Gasteiger partial charge is 0.338 e. The van der Waals surface area contributed by atoms with Crippen LogP contribution in [-0.4, -0.2) is 67.4 Å². The molecule has 0 bridgehead atoms. The van der Waals surface area contributed by atoms with E-state index >= 15 is 0 Å². The molecule has 0 amide bonds. The number of aliphatic hydroxyl groups is 1. The van der Waals surface area contributed by atoms with Gasteiger partial charge in [0.05, 0.1) is 24.0 Å². The van der Waals surface area contributed by atoms with Crippen LogP contribution in [0.15, 0.2) is 102 Å². The summed E-state index contributed by atoms with van der Waals surface area (Å²) in [5, 5.41) is 10.3. The molecule has 46 heavy (non-hydrogen) atoms. The summed E-state index contributed by atoms with van der Waals surface area (Å²) < 4.78 is 30.4. The van der Waals surface area contributed by atoms with E-state index in [-0.39, 0.29) is 5.56 Å². The van der Waals surface area contributed by atoms with E-state index in [0.29, 0.717) is 25.7 Å². The molecule has 0 aliphatic carbocycles. The van der Waals surface area contributed by atoms with Gasteiger partial charge in [-0.05, 0) is 61.1 Å². The Morgan fingerprint density at radius 2 is 1.33 bits per heavy atom. The molecule has 0 aromatic heterocycles. The number of rotatable bonds is 8. The minimum absolute atomic E-state index is 0.233. The average molecular weight is 694 g/mol. The predicted molar refractivity (Wildman–Crippen MR) is 172 cm³/mol. The van der Waals surface area contributed by atoms with Crippen molar-refractivity contribution < 1.29 is 43.2 Å². The summed E-state index contributed by atoms with van der Waals surface area (Å²) >= 11 is 3.35. The van der Waals surface area contributed by atoms with E-state index in [9.17, 15) is 19.5 Å². The molecule has 2 aliphatic heterocycles. The van der Waals surface area contributed by atoms with E-state index in [0.717, 1.165) is 15.6 Å². The Hall–Kier alpha value is -3.83. The average Bonchev–Trinajstić information content (AvgIpc) is 3.07. The van der Waals surface area contributed by atoms with Gasteiger partial charge in [-0.1, -0.05) is 88.7 Å². The lowest BCUT2D eigenvalue weighted by Crippen LogP contribution is -2.63. The summed E-state index contributed by atoms with van der Waals surface area (Å²) in [6.45, 7) is -0.584. The maximum Gasteiger partial charge on any atom is 0.338 e. The highest BCUT2D eigenvalue weighted by Crippen LogP contribution is 2.32. The number of esters is 3. The zero-order chi connectivity index (χ0) is 32.5. The van der Waals surface area contributed by atoms with E-state index in [2.05, 4.69) is 15.9 Å². The fraction of sp³-hybridized carbons (Fsp3) is 0.361. The molecule has 0 spiro atoms. The quantitative estimate of drug-likeness (QED) is 0.192. The van der Waals surface area contributed by atoms with Crippen LogP contribution >= 0.6 is 15.9 Å². The third-order valence-corrected chi connectivity index (χ3v) is 8.68. The van der Waals surface area contributed by atoms with Crippen molar-refractivity contribution in [2.45, 2.75) is 56.4 Å². The van der Waals surface area contributed by atoms with Gasteiger partial charge < -0.3 is 28.8 Å². The third kappa shape index (κ3) is 8.50. The van der Waals surface area contributed by atoms with Gasteiger partial charge in [0.2, 0.25) is 0 Å². The third-order valence-electron chi connectivity index (χ3n) is 8.16. The normalized spacial score (nSPS) is 27.6. The molecule has 3 aromatic rings. The van der Waals surface area contributed by atoms with Crippen molar-refractivity contribution in [2.24, 2.45) is 11.8 Å². The fourth-order valence-electron chi connectivity index (χ4n) is 5.70. The Morgan fingerprint density at radius 1 is 0.804 bits per heavy atom. The van der Waals surface area contributed by atoms with E-state index in [1.807, 2.05) is 72.8 Å². The van der Waals surface area contributed by atoms with Crippen LogP contribution in [0, 0.1) is 11.8 Å². The Bertz CT molecular complexity index is 1480. The second kappa shape index (κ2) is 16.1. The van der Waals surface area contributed by atoms with Gasteiger partial charge in [-0.3, -0.25) is 9.59 Å². The molecule has 1 saturated heterocycles. The first-order chi connectivity index (χ1) is 22.4. The van der Waals surface area contributed by atoms with Gasteiger partial charge in [0.25, 0.3) is 0 Å². The number of carbonyl (C=O) groups is 3. The van der Waals surface area contributed by atoms with Crippen molar-refractivity contribution in [3.8, 4) is 0 Å². The minimum Gasteiger partial charge on any atom is -0.454 e. The predicted octanol–water partition coefficient (Wildman–Crippen LogP) is 5.23. The number of hydrogen-bond donors (Lipinski definition) is 1.